The van der Waals surface area contributed by atoms with Gasteiger partial charge in [0.1, 0.15) is 24.0 Å². The number of ether oxygens (including phenoxy) is 3. The van der Waals surface area contributed by atoms with Crippen molar-refractivity contribution in [2.45, 2.75) is 39.5 Å². The Morgan fingerprint density at radius 3 is 2.58 bits per heavy atom. The fourth-order valence-electron chi connectivity index (χ4n) is 3.19. The second kappa shape index (κ2) is 13.6. The van der Waals surface area contributed by atoms with E-state index in [-0.39, 0.29) is 18.9 Å². The Morgan fingerprint density at radius 1 is 1.17 bits per heavy atom. The Labute approximate surface area is 219 Å². The Bertz CT molecular complexity index is 1170. The lowest BCUT2D eigenvalue weighted by atomic mass is 9.99. The van der Waals surface area contributed by atoms with Gasteiger partial charge < -0.3 is 19.9 Å². The molecule has 1 heterocycles. The number of aromatic nitrogens is 2. The first-order valence-corrected chi connectivity index (χ1v) is 12.8. The number of hydrazone groups is 1. The molecule has 11 heteroatoms. The van der Waals surface area contributed by atoms with Gasteiger partial charge in [-0.2, -0.15) is 5.10 Å². The molecule has 36 heavy (non-hydrogen) atoms. The van der Waals surface area contributed by atoms with Crippen molar-refractivity contribution in [3.8, 4) is 17.2 Å². The number of carbonyl (C=O) groups excluding carboxylic acids is 1. The maximum atomic E-state index is 12.0. The summed E-state index contributed by atoms with van der Waals surface area (Å²) in [5, 5.41) is 12.6. The molecule has 0 saturated heterocycles. The van der Waals surface area contributed by atoms with Crippen molar-refractivity contribution in [2.24, 2.45) is 5.10 Å². The summed E-state index contributed by atoms with van der Waals surface area (Å²) >= 11 is 7.61. The molecule has 0 saturated carbocycles. The molecule has 0 aliphatic heterocycles. The Balaban J connectivity index is 1.54. The zero-order valence-corrected chi connectivity index (χ0v) is 22.1. The molecule has 0 aliphatic carbocycles. The van der Waals surface area contributed by atoms with E-state index < -0.39 is 0 Å². The zero-order chi connectivity index (χ0) is 25.9. The third-order valence-corrected chi connectivity index (χ3v) is 6.22. The lowest BCUT2D eigenvalue weighted by Gasteiger charge is -2.15. The molecule has 9 nitrogen and oxygen atoms in total. The standard InChI is InChI=1S/C25H30ClN5O4S/c1-4-16(3)18-6-8-19(9-7-18)34-10-11-35-24-20(26)12-17(13-21(24)33-5-2)15-28-29-22(32)14-23-30-31-25(27)36-23/h6-9,12-13,15-16H,4-5,10-11,14H2,1-3H3,(H2,27,31)(H,29,32)/b28-15-/t16-/m1/s1. The fraction of sp³-hybridized carbons (Fsp3) is 0.360. The Hall–Kier alpha value is -3.37. The summed E-state index contributed by atoms with van der Waals surface area (Å²) < 4.78 is 17.4. The maximum Gasteiger partial charge on any atom is 0.247 e. The number of amides is 1. The van der Waals surface area contributed by atoms with Gasteiger partial charge in [0.05, 0.1) is 24.3 Å². The van der Waals surface area contributed by atoms with Crippen LogP contribution in [0, 0.1) is 0 Å². The number of nitrogens with one attached hydrogen (secondary N) is 1. The number of nitrogen functional groups attached to an aromatic ring is 1. The summed E-state index contributed by atoms with van der Waals surface area (Å²) in [6.07, 6.45) is 2.60. The van der Waals surface area contributed by atoms with Crippen LogP contribution in [0.5, 0.6) is 17.2 Å². The molecule has 2 aromatic carbocycles. The highest BCUT2D eigenvalue weighted by Gasteiger charge is 2.13. The minimum absolute atomic E-state index is 0.0357. The molecule has 3 rings (SSSR count). The average molecular weight is 532 g/mol. The number of hydrogen-bond donors (Lipinski definition) is 2. The molecule has 0 fully saturated rings. The van der Waals surface area contributed by atoms with Gasteiger partial charge in [-0.3, -0.25) is 4.79 Å². The number of nitrogens with two attached hydrogens (primary N) is 1. The maximum absolute atomic E-state index is 12.0. The van der Waals surface area contributed by atoms with Crippen LogP contribution in [0.1, 0.15) is 49.2 Å². The van der Waals surface area contributed by atoms with Gasteiger partial charge >= 0.3 is 0 Å². The Morgan fingerprint density at radius 2 is 1.92 bits per heavy atom. The molecule has 3 aromatic rings. The Kier molecular flexibility index (Phi) is 10.3. The topological polar surface area (TPSA) is 121 Å². The monoisotopic (exact) mass is 531 g/mol. The van der Waals surface area contributed by atoms with Crippen LogP contribution in [-0.4, -0.2) is 42.1 Å². The predicted octanol–water partition coefficient (Wildman–Crippen LogP) is 4.84. The van der Waals surface area contributed by atoms with E-state index in [9.17, 15) is 4.79 Å². The zero-order valence-electron chi connectivity index (χ0n) is 20.5. The molecule has 1 aromatic heterocycles. The molecule has 0 spiro atoms. The second-order valence-electron chi connectivity index (χ2n) is 7.84. The van der Waals surface area contributed by atoms with E-state index in [0.29, 0.717) is 51.4 Å². The van der Waals surface area contributed by atoms with Crippen molar-refractivity contribution < 1.29 is 19.0 Å². The lowest BCUT2D eigenvalue weighted by Crippen LogP contribution is -2.19. The summed E-state index contributed by atoms with van der Waals surface area (Å²) in [4.78, 5) is 12.0. The molecule has 192 valence electrons. The highest BCUT2D eigenvalue weighted by molar-refractivity contribution is 7.15. The van der Waals surface area contributed by atoms with Crippen LogP contribution in [0.15, 0.2) is 41.5 Å². The van der Waals surface area contributed by atoms with E-state index in [2.05, 4.69) is 46.7 Å². The minimum atomic E-state index is -0.340. The van der Waals surface area contributed by atoms with E-state index in [1.165, 1.54) is 11.8 Å². The van der Waals surface area contributed by atoms with Gasteiger partial charge in [0, 0.05) is 0 Å². The van der Waals surface area contributed by atoms with Crippen molar-refractivity contribution in [3.63, 3.8) is 0 Å². The molecule has 0 aliphatic rings. The molecule has 0 bridgehead atoms. The van der Waals surface area contributed by atoms with Crippen molar-refractivity contribution in [1.29, 1.82) is 0 Å². The van der Waals surface area contributed by atoms with Gasteiger partial charge in [-0.05, 0) is 54.7 Å². The summed E-state index contributed by atoms with van der Waals surface area (Å²) in [5.41, 5.74) is 9.89. The molecule has 0 radical (unpaired) electrons. The molecular weight excluding hydrogens is 502 g/mol. The van der Waals surface area contributed by atoms with Crippen LogP contribution >= 0.6 is 22.9 Å². The largest absolute Gasteiger partial charge is 0.490 e. The number of nitrogens with zero attached hydrogens (tertiary/aromatic N) is 3. The number of benzene rings is 2. The van der Waals surface area contributed by atoms with Crippen LogP contribution in [0.4, 0.5) is 5.13 Å². The summed E-state index contributed by atoms with van der Waals surface area (Å²) in [7, 11) is 0. The van der Waals surface area contributed by atoms with Crippen molar-refractivity contribution >= 4 is 40.2 Å². The number of halogens is 1. The summed E-state index contributed by atoms with van der Waals surface area (Å²) in [5.74, 6) is 1.86. The highest BCUT2D eigenvalue weighted by atomic mass is 35.5. The van der Waals surface area contributed by atoms with Crippen LogP contribution in [0.3, 0.4) is 0 Å². The average Bonchev–Trinajstić information content (AvgIpc) is 3.27. The third-order valence-electron chi connectivity index (χ3n) is 5.19. The van der Waals surface area contributed by atoms with E-state index in [0.717, 1.165) is 23.5 Å². The van der Waals surface area contributed by atoms with Gasteiger partial charge in [0.25, 0.3) is 0 Å². The number of rotatable bonds is 13. The quantitative estimate of drug-likeness (QED) is 0.184. The SMILES string of the molecule is CCOc1cc(/C=N\NC(=O)Cc2nnc(N)s2)cc(Cl)c1OCCOc1ccc([C@H](C)CC)cc1. The molecule has 0 unspecified atom stereocenters. The van der Waals surface area contributed by atoms with Crippen molar-refractivity contribution in [2.75, 3.05) is 25.6 Å². The van der Waals surface area contributed by atoms with Crippen molar-refractivity contribution in [3.05, 3.63) is 57.6 Å². The smallest absolute Gasteiger partial charge is 0.247 e. The molecular formula is C25H30ClN5O4S. The number of hydrogen-bond acceptors (Lipinski definition) is 9. The fourth-order valence-corrected chi connectivity index (χ4v) is 4.07. The normalized spacial score (nSPS) is 11.9. The third kappa shape index (κ3) is 8.10. The minimum Gasteiger partial charge on any atom is -0.490 e. The summed E-state index contributed by atoms with van der Waals surface area (Å²) in [6, 6.07) is 11.5. The number of carbonyl (C=O) groups is 1. The van der Waals surface area contributed by atoms with Crippen LogP contribution in [0.25, 0.3) is 0 Å². The number of anilines is 1. The second-order valence-corrected chi connectivity index (χ2v) is 9.34. The lowest BCUT2D eigenvalue weighted by molar-refractivity contribution is -0.120. The van der Waals surface area contributed by atoms with E-state index >= 15 is 0 Å². The molecule has 1 atom stereocenters. The van der Waals surface area contributed by atoms with E-state index in [4.69, 9.17) is 31.5 Å². The van der Waals surface area contributed by atoms with Crippen LogP contribution in [-0.2, 0) is 11.2 Å². The molecule has 1 amide bonds. The first-order chi connectivity index (χ1) is 17.4. The van der Waals surface area contributed by atoms with Gasteiger partial charge in [-0.25, -0.2) is 5.43 Å². The van der Waals surface area contributed by atoms with Gasteiger partial charge in [-0.1, -0.05) is 48.9 Å². The van der Waals surface area contributed by atoms with Crippen LogP contribution in [0.2, 0.25) is 5.02 Å². The first-order valence-electron chi connectivity index (χ1n) is 11.6. The highest BCUT2D eigenvalue weighted by Crippen LogP contribution is 2.36. The van der Waals surface area contributed by atoms with Gasteiger partial charge in [0.2, 0.25) is 11.0 Å². The summed E-state index contributed by atoms with van der Waals surface area (Å²) in [6.45, 7) is 7.30. The van der Waals surface area contributed by atoms with E-state index in [1.807, 2.05) is 19.1 Å². The van der Waals surface area contributed by atoms with E-state index in [1.54, 1.807) is 12.1 Å². The molecule has 3 N–H and O–H groups in total. The van der Waals surface area contributed by atoms with Crippen molar-refractivity contribution in [1.82, 2.24) is 15.6 Å². The van der Waals surface area contributed by atoms with Gasteiger partial charge in [0.15, 0.2) is 11.5 Å². The first kappa shape index (κ1) is 27.2. The van der Waals surface area contributed by atoms with Gasteiger partial charge in [-0.15, -0.1) is 10.2 Å². The van der Waals surface area contributed by atoms with Crippen LogP contribution < -0.4 is 25.4 Å². The predicted molar refractivity (Wildman–Crippen MR) is 143 cm³/mol.